The molecule has 1 aliphatic heterocycles. The van der Waals surface area contributed by atoms with E-state index >= 15 is 0 Å². The standard InChI is InChI=1S/C14H15F5O2.C3H9N/c1-7-9(6-21-13(7,2)14(17,18)19)8-4-5-10(15)11(16)12(8)20-3;1-3-4-2/h4-5,7,9H,6H2,1-3H3;4H,3H2,1-2H3/t7?,9?,13-;/m1./s1. The predicted octanol–water partition coefficient (Wildman–Crippen LogP) is 4.27. The molecule has 0 aliphatic carbocycles. The van der Waals surface area contributed by atoms with Crippen molar-refractivity contribution in [1.29, 1.82) is 0 Å². The Morgan fingerprint density at radius 3 is 2.28 bits per heavy atom. The van der Waals surface area contributed by atoms with Crippen LogP contribution in [0.25, 0.3) is 0 Å². The SMILES string of the molecule is CCNC.COc1c(C2CO[C@@](C)(C(F)(F)F)C2C)ccc(F)c1F. The van der Waals surface area contributed by atoms with Crippen molar-refractivity contribution < 1.29 is 31.4 Å². The van der Waals surface area contributed by atoms with Crippen LogP contribution < -0.4 is 10.1 Å². The van der Waals surface area contributed by atoms with Gasteiger partial charge in [-0.15, -0.1) is 0 Å². The van der Waals surface area contributed by atoms with Crippen LogP contribution in [0, 0.1) is 17.6 Å². The molecule has 2 rings (SSSR count). The van der Waals surface area contributed by atoms with E-state index in [1.807, 2.05) is 7.05 Å². The van der Waals surface area contributed by atoms with E-state index in [0.717, 1.165) is 26.6 Å². The maximum atomic E-state index is 13.7. The Morgan fingerprint density at radius 2 is 1.88 bits per heavy atom. The highest BCUT2D eigenvalue weighted by Crippen LogP contribution is 2.51. The normalized spacial score (nSPS) is 26.2. The molecule has 1 heterocycles. The summed E-state index contributed by atoms with van der Waals surface area (Å²) in [6.45, 7) is 5.24. The van der Waals surface area contributed by atoms with E-state index in [4.69, 9.17) is 9.47 Å². The molecule has 1 N–H and O–H groups in total. The van der Waals surface area contributed by atoms with Gasteiger partial charge < -0.3 is 14.8 Å². The molecule has 0 aromatic heterocycles. The zero-order chi connectivity index (χ0) is 19.4. The van der Waals surface area contributed by atoms with Gasteiger partial charge in [0.15, 0.2) is 17.2 Å². The first-order chi connectivity index (χ1) is 11.5. The molecule has 1 saturated heterocycles. The lowest BCUT2D eigenvalue weighted by molar-refractivity contribution is -0.266. The van der Waals surface area contributed by atoms with Crippen molar-refractivity contribution in [1.82, 2.24) is 5.32 Å². The van der Waals surface area contributed by atoms with Crippen LogP contribution >= 0.6 is 0 Å². The van der Waals surface area contributed by atoms with Gasteiger partial charge in [0.1, 0.15) is 0 Å². The number of benzene rings is 1. The summed E-state index contributed by atoms with van der Waals surface area (Å²) in [6, 6.07) is 2.12. The van der Waals surface area contributed by atoms with Crippen LogP contribution in [-0.4, -0.2) is 39.1 Å². The molecular formula is C17H24F5NO2. The average Bonchev–Trinajstić information content (AvgIpc) is 2.87. The van der Waals surface area contributed by atoms with E-state index in [1.54, 1.807) is 0 Å². The molecule has 0 amide bonds. The van der Waals surface area contributed by atoms with Crippen molar-refractivity contribution in [2.45, 2.75) is 38.5 Å². The van der Waals surface area contributed by atoms with Gasteiger partial charge in [0, 0.05) is 17.4 Å². The highest BCUT2D eigenvalue weighted by atomic mass is 19.4. The zero-order valence-electron chi connectivity index (χ0n) is 14.9. The molecule has 25 heavy (non-hydrogen) atoms. The van der Waals surface area contributed by atoms with Crippen molar-refractivity contribution in [3.63, 3.8) is 0 Å². The molecule has 8 heteroatoms. The monoisotopic (exact) mass is 369 g/mol. The summed E-state index contributed by atoms with van der Waals surface area (Å²) in [6.07, 6.45) is -4.55. The van der Waals surface area contributed by atoms with Gasteiger partial charge in [-0.25, -0.2) is 4.39 Å². The van der Waals surface area contributed by atoms with E-state index in [-0.39, 0.29) is 17.9 Å². The minimum absolute atomic E-state index is 0.178. The minimum atomic E-state index is -4.55. The summed E-state index contributed by atoms with van der Waals surface area (Å²) in [5.41, 5.74) is -2.15. The molecule has 1 aliphatic rings. The summed E-state index contributed by atoms with van der Waals surface area (Å²) in [7, 11) is 3.07. The third-order valence-corrected chi connectivity index (χ3v) is 4.64. The highest BCUT2D eigenvalue weighted by molar-refractivity contribution is 5.40. The Bertz CT molecular complexity index is 577. The summed E-state index contributed by atoms with van der Waals surface area (Å²) >= 11 is 0. The fourth-order valence-electron chi connectivity index (χ4n) is 2.67. The van der Waals surface area contributed by atoms with E-state index in [1.165, 1.54) is 13.0 Å². The van der Waals surface area contributed by atoms with E-state index < -0.39 is 35.2 Å². The van der Waals surface area contributed by atoms with Crippen LogP contribution in [0.2, 0.25) is 0 Å². The van der Waals surface area contributed by atoms with Crippen molar-refractivity contribution in [3.8, 4) is 5.75 Å². The Kier molecular flexibility index (Phi) is 7.19. The summed E-state index contributed by atoms with van der Waals surface area (Å²) < 4.78 is 76.0. The lowest BCUT2D eigenvalue weighted by atomic mass is 9.79. The second kappa shape index (κ2) is 8.31. The summed E-state index contributed by atoms with van der Waals surface area (Å²) in [5.74, 6) is -4.39. The fraction of sp³-hybridized carbons (Fsp3) is 0.647. The third-order valence-electron chi connectivity index (χ3n) is 4.64. The van der Waals surface area contributed by atoms with Crippen molar-refractivity contribution in [2.75, 3.05) is 27.3 Å². The quantitative estimate of drug-likeness (QED) is 0.808. The Balaban J connectivity index is 0.000000705. The third kappa shape index (κ3) is 4.23. The van der Waals surface area contributed by atoms with Crippen molar-refractivity contribution >= 4 is 0 Å². The zero-order valence-corrected chi connectivity index (χ0v) is 14.9. The average molecular weight is 369 g/mol. The number of halogens is 5. The molecular weight excluding hydrogens is 345 g/mol. The van der Waals surface area contributed by atoms with Gasteiger partial charge in [-0.05, 0) is 26.6 Å². The molecule has 0 radical (unpaired) electrons. The first-order valence-corrected chi connectivity index (χ1v) is 7.92. The molecule has 1 aromatic rings. The maximum Gasteiger partial charge on any atom is 0.417 e. The molecule has 0 spiro atoms. The van der Waals surface area contributed by atoms with Crippen LogP contribution in [0.4, 0.5) is 22.0 Å². The van der Waals surface area contributed by atoms with Gasteiger partial charge in [-0.1, -0.05) is 19.9 Å². The number of methoxy groups -OCH3 is 1. The van der Waals surface area contributed by atoms with Crippen molar-refractivity contribution in [2.24, 2.45) is 5.92 Å². The van der Waals surface area contributed by atoms with Crippen LogP contribution in [0.15, 0.2) is 12.1 Å². The number of nitrogens with one attached hydrogen (secondary N) is 1. The number of rotatable bonds is 3. The number of ether oxygens (including phenoxy) is 2. The smallest absolute Gasteiger partial charge is 0.417 e. The van der Waals surface area contributed by atoms with Crippen LogP contribution in [-0.2, 0) is 4.74 Å². The Hall–Kier alpha value is -1.41. The van der Waals surface area contributed by atoms with Crippen LogP contribution in [0.3, 0.4) is 0 Å². The number of hydrogen-bond donors (Lipinski definition) is 1. The first-order valence-electron chi connectivity index (χ1n) is 7.92. The van der Waals surface area contributed by atoms with E-state index in [0.29, 0.717) is 0 Å². The van der Waals surface area contributed by atoms with Crippen LogP contribution in [0.1, 0.15) is 32.3 Å². The fourth-order valence-corrected chi connectivity index (χ4v) is 2.67. The largest absolute Gasteiger partial charge is 0.493 e. The molecule has 0 bridgehead atoms. The summed E-state index contributed by atoms with van der Waals surface area (Å²) in [5, 5.41) is 2.93. The highest BCUT2D eigenvalue weighted by Gasteiger charge is 2.61. The van der Waals surface area contributed by atoms with E-state index in [2.05, 4.69) is 12.2 Å². The minimum Gasteiger partial charge on any atom is -0.493 e. The number of alkyl halides is 3. The molecule has 2 unspecified atom stereocenters. The molecule has 144 valence electrons. The topological polar surface area (TPSA) is 30.5 Å². The second-order valence-electron chi connectivity index (χ2n) is 6.00. The Labute approximate surface area is 144 Å². The second-order valence-corrected chi connectivity index (χ2v) is 6.00. The molecule has 1 aromatic carbocycles. The van der Waals surface area contributed by atoms with Gasteiger partial charge in [0.25, 0.3) is 0 Å². The molecule has 1 fully saturated rings. The lowest BCUT2D eigenvalue weighted by Crippen LogP contribution is -2.46. The summed E-state index contributed by atoms with van der Waals surface area (Å²) in [4.78, 5) is 0. The lowest BCUT2D eigenvalue weighted by Gasteiger charge is -2.32. The maximum absolute atomic E-state index is 13.7. The Morgan fingerprint density at radius 1 is 1.32 bits per heavy atom. The van der Waals surface area contributed by atoms with Gasteiger partial charge in [-0.3, -0.25) is 0 Å². The van der Waals surface area contributed by atoms with Crippen molar-refractivity contribution in [3.05, 3.63) is 29.3 Å². The molecule has 3 nitrogen and oxygen atoms in total. The van der Waals surface area contributed by atoms with Gasteiger partial charge in [0.2, 0.25) is 5.82 Å². The van der Waals surface area contributed by atoms with Gasteiger partial charge in [-0.2, -0.15) is 17.6 Å². The first kappa shape index (κ1) is 21.6. The van der Waals surface area contributed by atoms with E-state index in [9.17, 15) is 22.0 Å². The van der Waals surface area contributed by atoms with Gasteiger partial charge >= 0.3 is 6.18 Å². The number of hydrogen-bond acceptors (Lipinski definition) is 3. The predicted molar refractivity (Wildman–Crippen MR) is 84.8 cm³/mol. The molecule has 0 saturated carbocycles. The molecule has 3 atom stereocenters. The van der Waals surface area contributed by atoms with Gasteiger partial charge in [0.05, 0.1) is 13.7 Å². The van der Waals surface area contributed by atoms with Crippen LogP contribution in [0.5, 0.6) is 5.75 Å².